The third-order valence-corrected chi connectivity index (χ3v) is 3.69. The summed E-state index contributed by atoms with van der Waals surface area (Å²) in [6, 6.07) is 20.0. The maximum absolute atomic E-state index is 12.2. The molecule has 1 atom stereocenters. The van der Waals surface area contributed by atoms with Gasteiger partial charge in [0.2, 0.25) is 0 Å². The first kappa shape index (κ1) is 15.2. The first-order valence-electron chi connectivity index (χ1n) is 7.68. The molecule has 1 heterocycles. The van der Waals surface area contributed by atoms with Crippen molar-refractivity contribution in [3.8, 4) is 0 Å². The largest absolute Gasteiger partial charge is 0.291 e. The van der Waals surface area contributed by atoms with Gasteiger partial charge in [0, 0.05) is 6.42 Å². The number of rotatable bonds is 5. The zero-order valence-electron chi connectivity index (χ0n) is 13.0. The number of benzene rings is 2. The van der Waals surface area contributed by atoms with Gasteiger partial charge in [-0.1, -0.05) is 48.5 Å². The summed E-state index contributed by atoms with van der Waals surface area (Å²) in [6.07, 6.45) is 0.539. The number of carbonyl (C=O) groups is 1. The maximum Gasteiger partial charge on any atom is 0.291 e. The molecule has 0 fully saturated rings. The van der Waals surface area contributed by atoms with Crippen molar-refractivity contribution in [1.29, 1.82) is 0 Å². The standard InChI is InChI=1S/C18H19N3O2/c1-2-23-20-18(22)16-13-17(14-9-5-3-6-10-14)21(19-16)15-11-7-4-8-12-15/h3-12,17H,2,13H2,1H3,(H,20,22)/t17-/m1/s1. The van der Waals surface area contributed by atoms with Gasteiger partial charge in [-0.3, -0.25) is 14.6 Å². The second-order valence-electron chi connectivity index (χ2n) is 5.22. The van der Waals surface area contributed by atoms with Crippen LogP contribution in [0.3, 0.4) is 0 Å². The molecule has 1 amide bonds. The Morgan fingerprint density at radius 2 is 1.83 bits per heavy atom. The zero-order chi connectivity index (χ0) is 16.1. The van der Waals surface area contributed by atoms with Crippen LogP contribution in [0.15, 0.2) is 65.8 Å². The minimum absolute atomic E-state index is 0.000904. The fraction of sp³-hybridized carbons (Fsp3) is 0.222. The fourth-order valence-corrected chi connectivity index (χ4v) is 2.60. The van der Waals surface area contributed by atoms with E-state index in [-0.39, 0.29) is 11.9 Å². The quantitative estimate of drug-likeness (QED) is 0.864. The maximum atomic E-state index is 12.2. The van der Waals surface area contributed by atoms with Crippen molar-refractivity contribution in [2.45, 2.75) is 19.4 Å². The molecule has 2 aromatic carbocycles. The van der Waals surface area contributed by atoms with E-state index in [1.165, 1.54) is 0 Å². The van der Waals surface area contributed by atoms with Crippen LogP contribution in [0.5, 0.6) is 0 Å². The summed E-state index contributed by atoms with van der Waals surface area (Å²) in [5, 5.41) is 6.43. The number of nitrogens with zero attached hydrogens (tertiary/aromatic N) is 2. The van der Waals surface area contributed by atoms with Crippen LogP contribution in [0.1, 0.15) is 24.9 Å². The van der Waals surface area contributed by atoms with Gasteiger partial charge in [-0.2, -0.15) is 5.10 Å². The number of hydroxylamine groups is 1. The Hall–Kier alpha value is -2.66. The summed E-state index contributed by atoms with van der Waals surface area (Å²) in [5.74, 6) is -0.286. The molecule has 5 heteroatoms. The molecule has 0 aliphatic carbocycles. The van der Waals surface area contributed by atoms with Crippen molar-refractivity contribution in [3.63, 3.8) is 0 Å². The van der Waals surface area contributed by atoms with Gasteiger partial charge in [0.05, 0.1) is 18.3 Å². The van der Waals surface area contributed by atoms with Gasteiger partial charge in [-0.25, -0.2) is 5.48 Å². The highest BCUT2D eigenvalue weighted by Crippen LogP contribution is 2.34. The molecule has 1 aliphatic rings. The molecule has 5 nitrogen and oxygen atoms in total. The zero-order valence-corrected chi connectivity index (χ0v) is 13.0. The predicted molar refractivity (Wildman–Crippen MR) is 89.9 cm³/mol. The lowest BCUT2D eigenvalue weighted by Gasteiger charge is -2.23. The van der Waals surface area contributed by atoms with E-state index in [2.05, 4.69) is 22.7 Å². The van der Waals surface area contributed by atoms with Gasteiger partial charge in [0.1, 0.15) is 5.71 Å². The first-order valence-corrected chi connectivity index (χ1v) is 7.68. The molecule has 0 unspecified atom stereocenters. The molecule has 0 saturated heterocycles. The summed E-state index contributed by atoms with van der Waals surface area (Å²) in [6.45, 7) is 2.24. The molecule has 0 aromatic heterocycles. The molecular formula is C18H19N3O2. The van der Waals surface area contributed by atoms with Gasteiger partial charge >= 0.3 is 0 Å². The molecule has 1 aliphatic heterocycles. The van der Waals surface area contributed by atoms with Crippen LogP contribution < -0.4 is 10.5 Å². The number of hydrogen-bond acceptors (Lipinski definition) is 4. The highest BCUT2D eigenvalue weighted by atomic mass is 16.6. The number of carbonyl (C=O) groups excluding carboxylic acids is 1. The van der Waals surface area contributed by atoms with Crippen molar-refractivity contribution in [2.75, 3.05) is 11.6 Å². The van der Waals surface area contributed by atoms with E-state index >= 15 is 0 Å². The topological polar surface area (TPSA) is 53.9 Å². The number of amides is 1. The molecule has 23 heavy (non-hydrogen) atoms. The Morgan fingerprint density at radius 3 is 2.48 bits per heavy atom. The highest BCUT2D eigenvalue weighted by molar-refractivity contribution is 6.39. The Kier molecular flexibility index (Phi) is 4.68. The molecular weight excluding hydrogens is 290 g/mol. The Labute approximate surface area is 135 Å². The number of hydrazone groups is 1. The fourth-order valence-electron chi connectivity index (χ4n) is 2.60. The summed E-state index contributed by atoms with van der Waals surface area (Å²) < 4.78 is 0. The lowest BCUT2D eigenvalue weighted by atomic mass is 10.0. The summed E-state index contributed by atoms with van der Waals surface area (Å²) in [4.78, 5) is 17.2. The van der Waals surface area contributed by atoms with Crippen molar-refractivity contribution >= 4 is 17.3 Å². The second-order valence-corrected chi connectivity index (χ2v) is 5.22. The highest BCUT2D eigenvalue weighted by Gasteiger charge is 2.32. The van der Waals surface area contributed by atoms with Crippen molar-refractivity contribution in [2.24, 2.45) is 5.10 Å². The second kappa shape index (κ2) is 7.07. The SMILES string of the molecule is CCONC(=O)C1=NN(c2ccccc2)[C@@H](c2ccccc2)C1. The molecule has 0 spiro atoms. The third kappa shape index (κ3) is 3.40. The predicted octanol–water partition coefficient (Wildman–Crippen LogP) is 3.06. The summed E-state index contributed by atoms with van der Waals surface area (Å²) >= 11 is 0. The summed E-state index contributed by atoms with van der Waals surface area (Å²) in [7, 11) is 0. The van der Waals surface area contributed by atoms with Crippen molar-refractivity contribution in [3.05, 3.63) is 66.2 Å². The third-order valence-electron chi connectivity index (χ3n) is 3.69. The Balaban J connectivity index is 1.89. The molecule has 3 rings (SSSR count). The van der Waals surface area contributed by atoms with E-state index < -0.39 is 0 Å². The van der Waals surface area contributed by atoms with E-state index in [1.807, 2.05) is 60.5 Å². The monoisotopic (exact) mass is 309 g/mol. The van der Waals surface area contributed by atoms with E-state index in [0.717, 1.165) is 11.3 Å². The van der Waals surface area contributed by atoms with Gasteiger partial charge < -0.3 is 0 Å². The van der Waals surface area contributed by atoms with E-state index in [4.69, 9.17) is 4.84 Å². The molecule has 1 N–H and O–H groups in total. The Morgan fingerprint density at radius 1 is 1.17 bits per heavy atom. The van der Waals surface area contributed by atoms with Crippen molar-refractivity contribution in [1.82, 2.24) is 5.48 Å². The number of anilines is 1. The lowest BCUT2D eigenvalue weighted by molar-refractivity contribution is -0.126. The minimum atomic E-state index is -0.286. The summed E-state index contributed by atoms with van der Waals surface area (Å²) in [5.41, 5.74) is 4.97. The smallest absolute Gasteiger partial charge is 0.274 e. The Bertz CT molecular complexity index is 686. The van der Waals surface area contributed by atoms with Crippen LogP contribution in [0.25, 0.3) is 0 Å². The lowest BCUT2D eigenvalue weighted by Crippen LogP contribution is -2.30. The molecule has 2 aromatic rings. The normalized spacial score (nSPS) is 17.0. The molecule has 0 saturated carbocycles. The molecule has 0 bridgehead atoms. The van der Waals surface area contributed by atoms with Crippen LogP contribution in [0.4, 0.5) is 5.69 Å². The van der Waals surface area contributed by atoms with Crippen molar-refractivity contribution < 1.29 is 9.63 Å². The average molecular weight is 309 g/mol. The first-order chi connectivity index (χ1) is 11.3. The number of para-hydroxylation sites is 1. The molecule has 0 radical (unpaired) electrons. The van der Waals surface area contributed by atoms with Gasteiger partial charge in [0.15, 0.2) is 0 Å². The van der Waals surface area contributed by atoms with Crippen LogP contribution in [-0.4, -0.2) is 18.2 Å². The molecule has 118 valence electrons. The van der Waals surface area contributed by atoms with E-state index in [0.29, 0.717) is 18.7 Å². The average Bonchev–Trinajstić information content (AvgIpc) is 3.06. The van der Waals surface area contributed by atoms with Crippen LogP contribution in [0, 0.1) is 0 Å². The number of hydrogen-bond donors (Lipinski definition) is 1. The van der Waals surface area contributed by atoms with E-state index in [1.54, 1.807) is 0 Å². The van der Waals surface area contributed by atoms with Gasteiger partial charge in [0.25, 0.3) is 5.91 Å². The van der Waals surface area contributed by atoms with Crippen LogP contribution in [0.2, 0.25) is 0 Å². The van der Waals surface area contributed by atoms with Gasteiger partial charge in [-0.15, -0.1) is 0 Å². The van der Waals surface area contributed by atoms with Crippen LogP contribution in [-0.2, 0) is 9.63 Å². The minimum Gasteiger partial charge on any atom is -0.274 e. The number of nitrogens with one attached hydrogen (secondary N) is 1. The van der Waals surface area contributed by atoms with Crippen LogP contribution >= 0.6 is 0 Å². The van der Waals surface area contributed by atoms with Gasteiger partial charge in [-0.05, 0) is 24.6 Å². The van der Waals surface area contributed by atoms with E-state index in [9.17, 15) is 4.79 Å².